The van der Waals surface area contributed by atoms with Crippen molar-refractivity contribution in [1.82, 2.24) is 0 Å². The van der Waals surface area contributed by atoms with Crippen LogP contribution in [0.25, 0.3) is 21.4 Å². The lowest BCUT2D eigenvalue weighted by Gasteiger charge is -2.29. The molecule has 1 amide bonds. The number of fused-ring (bicyclic) bond motifs is 2. The van der Waals surface area contributed by atoms with E-state index in [4.69, 9.17) is 18.6 Å². The lowest BCUT2D eigenvalue weighted by molar-refractivity contribution is -0.114. The highest BCUT2D eigenvalue weighted by atomic mass is 32.1. The number of morpholine rings is 1. The predicted molar refractivity (Wildman–Crippen MR) is 123 cm³/mol. The number of carbonyl (C=O) groups is 1. The molecule has 32 heavy (non-hydrogen) atoms. The summed E-state index contributed by atoms with van der Waals surface area (Å²) in [4.78, 5) is 28.9. The Morgan fingerprint density at radius 2 is 1.97 bits per heavy atom. The minimum absolute atomic E-state index is 0.0901. The minimum atomic E-state index is -0.207. The molecule has 1 saturated heterocycles. The summed E-state index contributed by atoms with van der Waals surface area (Å²) in [5, 5.41) is 1.88. The van der Waals surface area contributed by atoms with Gasteiger partial charge in [-0.25, -0.2) is 0 Å². The molecule has 0 spiro atoms. The van der Waals surface area contributed by atoms with Crippen molar-refractivity contribution >= 4 is 39.1 Å². The summed E-state index contributed by atoms with van der Waals surface area (Å²) in [7, 11) is 1.57. The molecule has 0 N–H and O–H groups in total. The minimum Gasteiger partial charge on any atom is -0.496 e. The van der Waals surface area contributed by atoms with Crippen LogP contribution in [0.2, 0.25) is 0 Å². The molecule has 0 atom stereocenters. The topological polar surface area (TPSA) is 81.5 Å². The Labute approximate surface area is 188 Å². The first-order valence-corrected chi connectivity index (χ1v) is 11.2. The monoisotopic (exact) mass is 454 g/mol. The highest BCUT2D eigenvalue weighted by Crippen LogP contribution is 2.45. The molecule has 0 radical (unpaired) electrons. The molecule has 0 aliphatic carbocycles. The summed E-state index contributed by atoms with van der Waals surface area (Å²) in [5.74, 6) is 1.44. The van der Waals surface area contributed by atoms with Crippen molar-refractivity contribution in [3.05, 3.63) is 46.5 Å². The number of nitrogens with zero attached hydrogens (tertiary/aromatic N) is 2. The highest BCUT2D eigenvalue weighted by molar-refractivity contribution is 7.17. The molecule has 0 unspecified atom stereocenters. The van der Waals surface area contributed by atoms with E-state index in [2.05, 4.69) is 6.58 Å². The van der Waals surface area contributed by atoms with Gasteiger partial charge in [0.15, 0.2) is 11.5 Å². The van der Waals surface area contributed by atoms with Crippen LogP contribution < -0.4 is 24.7 Å². The van der Waals surface area contributed by atoms with Gasteiger partial charge in [0.1, 0.15) is 22.8 Å². The zero-order valence-electron chi connectivity index (χ0n) is 17.6. The van der Waals surface area contributed by atoms with Crippen LogP contribution in [0.4, 0.5) is 11.6 Å². The maximum absolute atomic E-state index is 12.8. The molecule has 8 nitrogen and oxygen atoms in total. The third-order valence-electron chi connectivity index (χ3n) is 5.63. The number of anilines is 2. The number of benzene rings is 1. The van der Waals surface area contributed by atoms with Crippen LogP contribution in [-0.2, 0) is 9.53 Å². The SMILES string of the molecule is C=CC(=O)N1CCOc2cc(OC)c(-c3csc4c(=O)cc(N5CCOCC5)oc34)cc21. The van der Waals surface area contributed by atoms with E-state index in [9.17, 15) is 9.59 Å². The van der Waals surface area contributed by atoms with Gasteiger partial charge in [-0.05, 0) is 12.1 Å². The number of amides is 1. The average Bonchev–Trinajstić information content (AvgIpc) is 3.27. The summed E-state index contributed by atoms with van der Waals surface area (Å²) in [6.45, 7) is 6.90. The van der Waals surface area contributed by atoms with Gasteiger partial charge >= 0.3 is 0 Å². The van der Waals surface area contributed by atoms with Crippen LogP contribution in [0.1, 0.15) is 0 Å². The normalized spacial score (nSPS) is 15.9. The van der Waals surface area contributed by atoms with Crippen LogP contribution in [0.5, 0.6) is 11.5 Å². The quantitative estimate of drug-likeness (QED) is 0.560. The van der Waals surface area contributed by atoms with Crippen LogP contribution in [0.3, 0.4) is 0 Å². The summed E-state index contributed by atoms with van der Waals surface area (Å²) in [6, 6.07) is 5.15. The molecular formula is C23H22N2O6S. The van der Waals surface area contributed by atoms with E-state index in [1.165, 1.54) is 23.5 Å². The zero-order valence-corrected chi connectivity index (χ0v) is 18.4. The van der Waals surface area contributed by atoms with Gasteiger partial charge in [0.2, 0.25) is 5.43 Å². The van der Waals surface area contributed by atoms with E-state index in [0.717, 1.165) is 5.56 Å². The van der Waals surface area contributed by atoms with Gasteiger partial charge in [-0.1, -0.05) is 6.58 Å². The van der Waals surface area contributed by atoms with E-state index < -0.39 is 0 Å². The van der Waals surface area contributed by atoms with E-state index in [1.54, 1.807) is 18.1 Å². The maximum atomic E-state index is 12.8. The molecular weight excluding hydrogens is 432 g/mol. The predicted octanol–water partition coefficient (Wildman–Crippen LogP) is 3.28. The summed E-state index contributed by atoms with van der Waals surface area (Å²) >= 11 is 1.33. The lowest BCUT2D eigenvalue weighted by Crippen LogP contribution is -2.36. The van der Waals surface area contributed by atoms with Gasteiger partial charge in [0.05, 0.1) is 32.6 Å². The molecule has 2 aromatic heterocycles. The number of hydrogen-bond donors (Lipinski definition) is 0. The summed E-state index contributed by atoms with van der Waals surface area (Å²) in [6.07, 6.45) is 1.28. The fraction of sp³-hybridized carbons (Fsp3) is 0.304. The van der Waals surface area contributed by atoms with Gasteiger partial charge in [0, 0.05) is 41.7 Å². The van der Waals surface area contributed by atoms with Crippen LogP contribution >= 0.6 is 11.3 Å². The fourth-order valence-electron chi connectivity index (χ4n) is 4.02. The Morgan fingerprint density at radius 3 is 2.72 bits per heavy atom. The average molecular weight is 455 g/mol. The highest BCUT2D eigenvalue weighted by Gasteiger charge is 2.27. The van der Waals surface area contributed by atoms with Crippen LogP contribution in [-0.4, -0.2) is 52.5 Å². The van der Waals surface area contributed by atoms with Crippen molar-refractivity contribution in [1.29, 1.82) is 0 Å². The molecule has 0 bridgehead atoms. The van der Waals surface area contributed by atoms with Crippen molar-refractivity contribution in [3.63, 3.8) is 0 Å². The molecule has 4 heterocycles. The summed E-state index contributed by atoms with van der Waals surface area (Å²) < 4.78 is 23.6. The first-order chi connectivity index (χ1) is 15.6. The summed E-state index contributed by atoms with van der Waals surface area (Å²) in [5.41, 5.74) is 2.48. The van der Waals surface area contributed by atoms with Gasteiger partial charge in [-0.2, -0.15) is 0 Å². The molecule has 2 aliphatic heterocycles. The van der Waals surface area contributed by atoms with Crippen molar-refractivity contribution in [2.45, 2.75) is 0 Å². The largest absolute Gasteiger partial charge is 0.496 e. The first kappa shape index (κ1) is 20.6. The number of carbonyl (C=O) groups excluding carboxylic acids is 1. The van der Waals surface area contributed by atoms with Gasteiger partial charge in [0.25, 0.3) is 5.91 Å². The standard InChI is InChI=1S/C23H22N2O6S/c1-3-20(27)25-6-9-30-19-12-18(28-2)14(10-16(19)25)15-13-32-23-17(26)11-21(31-22(15)23)24-4-7-29-8-5-24/h3,10-13H,1,4-9H2,2H3. The smallest absolute Gasteiger partial charge is 0.250 e. The number of hydrogen-bond acceptors (Lipinski definition) is 8. The Bertz CT molecular complexity index is 1260. The lowest BCUT2D eigenvalue weighted by atomic mass is 10.0. The van der Waals surface area contributed by atoms with E-state index in [0.29, 0.717) is 78.4 Å². The van der Waals surface area contributed by atoms with E-state index in [1.807, 2.05) is 16.3 Å². The van der Waals surface area contributed by atoms with Gasteiger partial charge in [-0.15, -0.1) is 11.3 Å². The molecule has 5 rings (SSSR count). The van der Waals surface area contributed by atoms with Gasteiger partial charge < -0.3 is 28.4 Å². The first-order valence-electron chi connectivity index (χ1n) is 10.3. The Morgan fingerprint density at radius 1 is 1.16 bits per heavy atom. The number of ether oxygens (including phenoxy) is 3. The molecule has 3 aromatic rings. The molecule has 1 fully saturated rings. The van der Waals surface area contributed by atoms with Crippen molar-refractivity contribution in [3.8, 4) is 22.6 Å². The van der Waals surface area contributed by atoms with Crippen molar-refractivity contribution in [2.24, 2.45) is 0 Å². The fourth-order valence-corrected chi connectivity index (χ4v) is 4.92. The third kappa shape index (κ3) is 3.43. The Balaban J connectivity index is 1.68. The Kier molecular flexibility index (Phi) is 5.36. The van der Waals surface area contributed by atoms with Crippen molar-refractivity contribution < 1.29 is 23.4 Å². The van der Waals surface area contributed by atoms with Gasteiger partial charge in [-0.3, -0.25) is 9.59 Å². The molecule has 9 heteroatoms. The van der Waals surface area contributed by atoms with Crippen LogP contribution in [0.15, 0.2) is 45.4 Å². The van der Waals surface area contributed by atoms with E-state index >= 15 is 0 Å². The molecule has 0 saturated carbocycles. The maximum Gasteiger partial charge on any atom is 0.250 e. The second-order valence-corrected chi connectivity index (χ2v) is 8.30. The van der Waals surface area contributed by atoms with E-state index in [-0.39, 0.29) is 11.3 Å². The van der Waals surface area contributed by atoms with Crippen molar-refractivity contribution in [2.75, 3.05) is 56.4 Å². The third-order valence-corrected chi connectivity index (χ3v) is 6.60. The molecule has 166 valence electrons. The molecule has 2 aliphatic rings. The molecule has 1 aromatic carbocycles. The number of rotatable bonds is 4. The number of thiophene rings is 1. The zero-order chi connectivity index (χ0) is 22.2. The second-order valence-electron chi connectivity index (χ2n) is 7.42. The number of methoxy groups -OCH3 is 1. The van der Waals surface area contributed by atoms with Crippen LogP contribution in [0, 0.1) is 0 Å². The second kappa shape index (κ2) is 8.33. The Hall–Kier alpha value is -3.30.